The highest BCUT2D eigenvalue weighted by Crippen LogP contribution is 2.44. The number of benzene rings is 1. The first kappa shape index (κ1) is 19.1. The van der Waals surface area contributed by atoms with Crippen LogP contribution >= 0.6 is 0 Å². The molecular formula is C23H30N4O. The molecule has 5 nitrogen and oxygen atoms in total. The fraction of sp³-hybridized carbons (Fsp3) is 0.522. The number of likely N-dealkylation sites (tertiary alicyclic amines) is 2. The summed E-state index contributed by atoms with van der Waals surface area (Å²) < 4.78 is 0. The van der Waals surface area contributed by atoms with E-state index in [0.29, 0.717) is 11.5 Å². The van der Waals surface area contributed by atoms with E-state index in [2.05, 4.69) is 59.2 Å². The van der Waals surface area contributed by atoms with Gasteiger partial charge in [0.05, 0.1) is 11.3 Å². The molecule has 0 bridgehead atoms. The van der Waals surface area contributed by atoms with Crippen molar-refractivity contribution >= 4 is 5.91 Å². The van der Waals surface area contributed by atoms with E-state index in [-0.39, 0.29) is 11.4 Å². The zero-order chi connectivity index (χ0) is 19.6. The highest BCUT2D eigenvalue weighted by atomic mass is 16.2. The zero-order valence-electron chi connectivity index (χ0n) is 17.0. The summed E-state index contributed by atoms with van der Waals surface area (Å²) in [6, 6.07) is 10.9. The Morgan fingerprint density at radius 1 is 1.21 bits per heavy atom. The van der Waals surface area contributed by atoms with E-state index in [4.69, 9.17) is 0 Å². The molecule has 5 heteroatoms. The Morgan fingerprint density at radius 2 is 1.96 bits per heavy atom. The molecule has 28 heavy (non-hydrogen) atoms. The summed E-state index contributed by atoms with van der Waals surface area (Å²) in [7, 11) is 2.25. The second kappa shape index (κ2) is 8.00. The van der Waals surface area contributed by atoms with Gasteiger partial charge in [-0.2, -0.15) is 0 Å². The smallest absolute Gasteiger partial charge is 0.257 e. The summed E-state index contributed by atoms with van der Waals surface area (Å²) in [5.41, 5.74) is 3.22. The largest absolute Gasteiger partial charge is 0.338 e. The first-order valence-electron chi connectivity index (χ1n) is 10.5. The summed E-state index contributed by atoms with van der Waals surface area (Å²) in [5, 5.41) is 0. The van der Waals surface area contributed by atoms with Crippen molar-refractivity contribution in [1.29, 1.82) is 0 Å². The Morgan fingerprint density at radius 3 is 2.68 bits per heavy atom. The minimum absolute atomic E-state index is 0.0964. The molecule has 2 aliphatic rings. The molecule has 2 aromatic rings. The van der Waals surface area contributed by atoms with Crippen LogP contribution in [0.1, 0.15) is 60.1 Å². The molecular weight excluding hydrogens is 348 g/mol. The number of amides is 1. The Hall–Kier alpha value is -2.27. The highest BCUT2D eigenvalue weighted by Gasteiger charge is 2.46. The molecule has 0 unspecified atom stereocenters. The Bertz CT molecular complexity index is 814. The lowest BCUT2D eigenvalue weighted by atomic mass is 9.81. The molecule has 0 saturated carbocycles. The molecule has 2 aliphatic heterocycles. The minimum atomic E-state index is 0.0964. The van der Waals surface area contributed by atoms with Gasteiger partial charge in [-0.15, -0.1) is 0 Å². The van der Waals surface area contributed by atoms with E-state index < -0.39 is 0 Å². The first-order chi connectivity index (χ1) is 13.6. The number of rotatable bonds is 4. The lowest BCUT2D eigenvalue weighted by Gasteiger charge is -2.43. The number of nitrogens with zero attached hydrogens (tertiary/aromatic N) is 4. The van der Waals surface area contributed by atoms with Crippen LogP contribution < -0.4 is 0 Å². The van der Waals surface area contributed by atoms with Crippen LogP contribution in [0.4, 0.5) is 0 Å². The van der Waals surface area contributed by atoms with Crippen LogP contribution in [0.3, 0.4) is 0 Å². The standard InChI is InChI=1S/C23H30N4O/c1-3-7-21-20(15-24-17-25-21)22(28)27-12-10-23(11-13-27)14-19(16-26(23)2)18-8-5-4-6-9-18/h4-6,8-9,15,17,19H,3,7,10-14,16H2,1-2H3/t19-/m0/s1. The number of hydrogen-bond donors (Lipinski definition) is 0. The van der Waals surface area contributed by atoms with Crippen molar-refractivity contribution in [3.63, 3.8) is 0 Å². The molecule has 0 N–H and O–H groups in total. The van der Waals surface area contributed by atoms with Crippen LogP contribution in [0.5, 0.6) is 0 Å². The van der Waals surface area contributed by atoms with Gasteiger partial charge in [-0.25, -0.2) is 9.97 Å². The third-order valence-electron chi connectivity index (χ3n) is 6.69. The maximum Gasteiger partial charge on any atom is 0.257 e. The third kappa shape index (κ3) is 3.55. The number of piperidine rings is 1. The fourth-order valence-electron chi connectivity index (χ4n) is 5.00. The molecule has 0 aliphatic carbocycles. The lowest BCUT2D eigenvalue weighted by molar-refractivity contribution is 0.0490. The average molecular weight is 379 g/mol. The van der Waals surface area contributed by atoms with Gasteiger partial charge in [0.1, 0.15) is 6.33 Å². The topological polar surface area (TPSA) is 49.3 Å². The molecule has 1 aromatic heterocycles. The summed E-state index contributed by atoms with van der Waals surface area (Å²) in [6.45, 7) is 4.83. The van der Waals surface area contributed by atoms with Crippen LogP contribution in [0.15, 0.2) is 42.9 Å². The fourth-order valence-corrected chi connectivity index (χ4v) is 5.00. The molecule has 1 amide bonds. The number of aryl methyl sites for hydroxylation is 1. The SMILES string of the molecule is CCCc1ncncc1C(=O)N1CCC2(CC1)C[C@H](c1ccccc1)CN2C. The monoisotopic (exact) mass is 378 g/mol. The number of aromatic nitrogens is 2. The number of carbonyl (C=O) groups is 1. The van der Waals surface area contributed by atoms with E-state index in [9.17, 15) is 4.79 Å². The van der Waals surface area contributed by atoms with E-state index >= 15 is 0 Å². The van der Waals surface area contributed by atoms with Crippen molar-refractivity contribution in [3.05, 3.63) is 59.7 Å². The van der Waals surface area contributed by atoms with Crippen LogP contribution in [-0.2, 0) is 6.42 Å². The number of carbonyl (C=O) groups excluding carboxylic acids is 1. The van der Waals surface area contributed by atoms with Gasteiger partial charge in [0.15, 0.2) is 0 Å². The van der Waals surface area contributed by atoms with Crippen molar-refractivity contribution < 1.29 is 4.79 Å². The molecule has 0 radical (unpaired) electrons. The van der Waals surface area contributed by atoms with Gasteiger partial charge in [0, 0.05) is 31.4 Å². The zero-order valence-corrected chi connectivity index (χ0v) is 17.0. The van der Waals surface area contributed by atoms with Crippen molar-refractivity contribution in [2.75, 3.05) is 26.7 Å². The highest BCUT2D eigenvalue weighted by molar-refractivity contribution is 5.95. The Labute approximate surface area is 167 Å². The lowest BCUT2D eigenvalue weighted by Crippen LogP contribution is -2.52. The summed E-state index contributed by atoms with van der Waals surface area (Å²) in [4.78, 5) is 26.1. The van der Waals surface area contributed by atoms with E-state index in [1.807, 2.05) is 4.90 Å². The van der Waals surface area contributed by atoms with Crippen LogP contribution in [0, 0.1) is 0 Å². The van der Waals surface area contributed by atoms with Crippen molar-refractivity contribution in [2.45, 2.75) is 50.5 Å². The van der Waals surface area contributed by atoms with Crippen LogP contribution in [0.25, 0.3) is 0 Å². The summed E-state index contributed by atoms with van der Waals surface area (Å²) in [6.07, 6.45) is 8.30. The molecule has 4 rings (SSSR count). The molecule has 148 valence electrons. The normalized spacial score (nSPS) is 21.9. The van der Waals surface area contributed by atoms with Gasteiger partial charge in [0.25, 0.3) is 5.91 Å². The van der Waals surface area contributed by atoms with Gasteiger partial charge in [0.2, 0.25) is 0 Å². The van der Waals surface area contributed by atoms with Gasteiger partial charge in [-0.05, 0) is 44.2 Å². The first-order valence-corrected chi connectivity index (χ1v) is 10.5. The average Bonchev–Trinajstić information content (AvgIpc) is 3.05. The molecule has 1 spiro atoms. The molecule has 1 atom stereocenters. The van der Waals surface area contributed by atoms with E-state index in [1.165, 1.54) is 12.0 Å². The molecule has 2 fully saturated rings. The third-order valence-corrected chi connectivity index (χ3v) is 6.69. The van der Waals surface area contributed by atoms with Crippen LogP contribution in [0.2, 0.25) is 0 Å². The van der Waals surface area contributed by atoms with Gasteiger partial charge < -0.3 is 4.90 Å². The van der Waals surface area contributed by atoms with Crippen molar-refractivity contribution in [1.82, 2.24) is 19.8 Å². The Kier molecular flexibility index (Phi) is 5.44. The summed E-state index contributed by atoms with van der Waals surface area (Å²) in [5.74, 6) is 0.686. The maximum atomic E-state index is 13.1. The molecule has 1 aromatic carbocycles. The predicted molar refractivity (Wildman–Crippen MR) is 110 cm³/mol. The van der Waals surface area contributed by atoms with Crippen LogP contribution in [-0.4, -0.2) is 57.9 Å². The molecule has 2 saturated heterocycles. The summed E-state index contributed by atoms with van der Waals surface area (Å²) >= 11 is 0. The van der Waals surface area contributed by atoms with Gasteiger partial charge >= 0.3 is 0 Å². The van der Waals surface area contributed by atoms with E-state index in [0.717, 1.165) is 51.0 Å². The van der Waals surface area contributed by atoms with E-state index in [1.54, 1.807) is 12.5 Å². The second-order valence-corrected chi connectivity index (χ2v) is 8.34. The quantitative estimate of drug-likeness (QED) is 0.817. The second-order valence-electron chi connectivity index (χ2n) is 8.34. The van der Waals surface area contributed by atoms with Gasteiger partial charge in [-0.3, -0.25) is 9.69 Å². The number of likely N-dealkylation sites (N-methyl/N-ethyl adjacent to an activating group) is 1. The molecule has 3 heterocycles. The van der Waals surface area contributed by atoms with Crippen molar-refractivity contribution in [2.24, 2.45) is 0 Å². The maximum absolute atomic E-state index is 13.1. The Balaban J connectivity index is 1.44. The number of hydrogen-bond acceptors (Lipinski definition) is 4. The van der Waals surface area contributed by atoms with Gasteiger partial charge in [-0.1, -0.05) is 43.7 Å². The predicted octanol–water partition coefficient (Wildman–Crippen LogP) is 3.52. The minimum Gasteiger partial charge on any atom is -0.338 e. The van der Waals surface area contributed by atoms with Crippen molar-refractivity contribution in [3.8, 4) is 0 Å².